The number of likely N-dealkylation sites (tertiary alicyclic amines) is 1. The first-order valence-electron chi connectivity index (χ1n) is 8.70. The highest BCUT2D eigenvalue weighted by Gasteiger charge is 2.39. The average molecular weight is 363 g/mol. The van der Waals surface area contributed by atoms with E-state index in [4.69, 9.17) is 4.74 Å². The topological polar surface area (TPSA) is 71.5 Å². The van der Waals surface area contributed by atoms with E-state index in [1.54, 1.807) is 18.0 Å². The lowest BCUT2D eigenvalue weighted by Gasteiger charge is -2.38. The van der Waals surface area contributed by atoms with Crippen molar-refractivity contribution in [1.82, 2.24) is 15.2 Å². The number of carbonyl (C=O) groups excluding carboxylic acids is 2. The Bertz CT molecular complexity index is 615. The second kappa shape index (κ2) is 7.74. The summed E-state index contributed by atoms with van der Waals surface area (Å²) in [6.07, 6.45) is 5.37. The minimum absolute atomic E-state index is 0.0297. The predicted molar refractivity (Wildman–Crippen MR) is 97.1 cm³/mol. The van der Waals surface area contributed by atoms with Crippen LogP contribution in [0.5, 0.6) is 0 Å². The van der Waals surface area contributed by atoms with E-state index in [9.17, 15) is 9.59 Å². The van der Waals surface area contributed by atoms with Gasteiger partial charge in [0.2, 0.25) is 11.8 Å². The number of thioether (sulfide) groups is 1. The van der Waals surface area contributed by atoms with Crippen LogP contribution in [0, 0.1) is 0 Å². The molecule has 1 aromatic rings. The van der Waals surface area contributed by atoms with Gasteiger partial charge in [0.1, 0.15) is 6.04 Å². The molecule has 0 aliphatic carbocycles. The van der Waals surface area contributed by atoms with Crippen LogP contribution in [-0.2, 0) is 20.9 Å². The van der Waals surface area contributed by atoms with Crippen molar-refractivity contribution in [2.24, 2.45) is 0 Å². The van der Waals surface area contributed by atoms with Crippen LogP contribution in [0.1, 0.15) is 32.3 Å². The average Bonchev–Trinajstić information content (AvgIpc) is 2.63. The van der Waals surface area contributed by atoms with Gasteiger partial charge in [0.05, 0.1) is 17.5 Å². The predicted octanol–water partition coefficient (Wildman–Crippen LogP) is 1.60. The number of amides is 2. The van der Waals surface area contributed by atoms with Crippen LogP contribution < -0.4 is 5.32 Å². The van der Waals surface area contributed by atoms with Crippen molar-refractivity contribution in [2.75, 3.05) is 18.8 Å². The Kier molecular flexibility index (Phi) is 5.64. The molecule has 1 aromatic heterocycles. The van der Waals surface area contributed by atoms with E-state index in [1.807, 2.05) is 37.1 Å². The number of carbonyl (C=O) groups is 2. The standard InChI is InChI=1S/C18H25N3O3S/c1-18(2)17(23)20-15(12-25-18)16(22)21-8-5-14(6-9-21)24-11-13-4-3-7-19-10-13/h3-4,7,10,14-15H,5-6,8-9,11-12H2,1-2H3,(H,20,23)/t15-/m0/s1. The zero-order valence-electron chi connectivity index (χ0n) is 14.7. The number of nitrogens with zero attached hydrogens (tertiary/aromatic N) is 2. The summed E-state index contributed by atoms with van der Waals surface area (Å²) in [5.74, 6) is 0.605. The molecule has 1 atom stereocenters. The van der Waals surface area contributed by atoms with Crippen molar-refractivity contribution in [3.05, 3.63) is 30.1 Å². The smallest absolute Gasteiger partial charge is 0.246 e. The molecule has 2 fully saturated rings. The molecule has 1 N–H and O–H groups in total. The lowest BCUT2D eigenvalue weighted by Crippen LogP contribution is -2.58. The number of aromatic nitrogens is 1. The zero-order valence-corrected chi connectivity index (χ0v) is 15.6. The van der Waals surface area contributed by atoms with Crippen LogP contribution in [0.15, 0.2) is 24.5 Å². The summed E-state index contributed by atoms with van der Waals surface area (Å²) in [4.78, 5) is 30.6. The van der Waals surface area contributed by atoms with Crippen LogP contribution in [0.25, 0.3) is 0 Å². The van der Waals surface area contributed by atoms with E-state index in [0.29, 0.717) is 25.4 Å². The first-order chi connectivity index (χ1) is 12.0. The molecule has 3 rings (SSSR count). The summed E-state index contributed by atoms with van der Waals surface area (Å²) in [5.41, 5.74) is 1.06. The van der Waals surface area contributed by atoms with Crippen molar-refractivity contribution < 1.29 is 14.3 Å². The lowest BCUT2D eigenvalue weighted by atomic mass is 10.1. The fourth-order valence-electron chi connectivity index (χ4n) is 3.02. The van der Waals surface area contributed by atoms with Gasteiger partial charge in [-0.2, -0.15) is 0 Å². The summed E-state index contributed by atoms with van der Waals surface area (Å²) in [6.45, 7) is 5.68. The molecule has 3 heterocycles. The van der Waals surface area contributed by atoms with Crippen molar-refractivity contribution in [1.29, 1.82) is 0 Å². The summed E-state index contributed by atoms with van der Waals surface area (Å²) >= 11 is 1.55. The van der Waals surface area contributed by atoms with Crippen LogP contribution in [0.4, 0.5) is 0 Å². The Morgan fingerprint density at radius 2 is 2.20 bits per heavy atom. The highest BCUT2D eigenvalue weighted by Crippen LogP contribution is 2.29. The van der Waals surface area contributed by atoms with E-state index in [-0.39, 0.29) is 17.9 Å². The van der Waals surface area contributed by atoms with Gasteiger partial charge in [-0.3, -0.25) is 14.6 Å². The molecule has 136 valence electrons. The third-order valence-corrected chi connectivity index (χ3v) is 6.13. The molecular formula is C18H25N3O3S. The third kappa shape index (κ3) is 4.52. The maximum atomic E-state index is 12.6. The first-order valence-corrected chi connectivity index (χ1v) is 9.68. The minimum atomic E-state index is -0.454. The van der Waals surface area contributed by atoms with Crippen molar-refractivity contribution in [3.8, 4) is 0 Å². The van der Waals surface area contributed by atoms with Crippen LogP contribution >= 0.6 is 11.8 Å². The monoisotopic (exact) mass is 363 g/mol. The number of rotatable bonds is 4. The SMILES string of the molecule is CC1(C)SC[C@@H](C(=O)N2CCC(OCc3cccnc3)CC2)NC1=O. The summed E-state index contributed by atoms with van der Waals surface area (Å²) in [7, 11) is 0. The molecule has 0 unspecified atom stereocenters. The molecule has 0 spiro atoms. The largest absolute Gasteiger partial charge is 0.373 e. The molecule has 6 nitrogen and oxygen atoms in total. The van der Waals surface area contributed by atoms with Gasteiger partial charge in [0, 0.05) is 31.2 Å². The minimum Gasteiger partial charge on any atom is -0.373 e. The van der Waals surface area contributed by atoms with E-state index in [0.717, 1.165) is 18.4 Å². The van der Waals surface area contributed by atoms with Gasteiger partial charge in [0.25, 0.3) is 0 Å². The highest BCUT2D eigenvalue weighted by atomic mass is 32.2. The van der Waals surface area contributed by atoms with Gasteiger partial charge in [-0.15, -0.1) is 11.8 Å². The Morgan fingerprint density at radius 3 is 2.84 bits per heavy atom. The van der Waals surface area contributed by atoms with Gasteiger partial charge >= 0.3 is 0 Å². The van der Waals surface area contributed by atoms with Gasteiger partial charge in [0.15, 0.2) is 0 Å². The maximum Gasteiger partial charge on any atom is 0.246 e. The van der Waals surface area contributed by atoms with Crippen LogP contribution in [-0.4, -0.2) is 57.4 Å². The quantitative estimate of drug-likeness (QED) is 0.880. The van der Waals surface area contributed by atoms with E-state index < -0.39 is 10.8 Å². The summed E-state index contributed by atoms with van der Waals surface area (Å²) in [6, 6.07) is 3.49. The third-order valence-electron chi connectivity index (χ3n) is 4.72. The van der Waals surface area contributed by atoms with Gasteiger partial charge < -0.3 is 15.0 Å². The molecule has 2 saturated heterocycles. The van der Waals surface area contributed by atoms with E-state index in [2.05, 4.69) is 10.3 Å². The number of piperidine rings is 1. The summed E-state index contributed by atoms with van der Waals surface area (Å²) in [5, 5.41) is 2.87. The second-order valence-electron chi connectivity index (χ2n) is 7.04. The van der Waals surface area contributed by atoms with Crippen molar-refractivity contribution in [3.63, 3.8) is 0 Å². The Labute approximate surface area is 152 Å². The van der Waals surface area contributed by atoms with E-state index >= 15 is 0 Å². The molecule has 25 heavy (non-hydrogen) atoms. The molecular weight excluding hydrogens is 338 g/mol. The van der Waals surface area contributed by atoms with E-state index in [1.165, 1.54) is 0 Å². The second-order valence-corrected chi connectivity index (χ2v) is 8.69. The number of hydrogen-bond acceptors (Lipinski definition) is 5. The Balaban J connectivity index is 1.44. The number of nitrogens with one attached hydrogen (secondary N) is 1. The van der Waals surface area contributed by atoms with Crippen molar-refractivity contribution >= 4 is 23.6 Å². The van der Waals surface area contributed by atoms with Gasteiger partial charge in [-0.1, -0.05) is 6.07 Å². The molecule has 0 aromatic carbocycles. The molecule has 7 heteroatoms. The normalized spacial score (nSPS) is 24.0. The molecule has 0 saturated carbocycles. The summed E-state index contributed by atoms with van der Waals surface area (Å²) < 4.78 is 5.48. The van der Waals surface area contributed by atoms with Gasteiger partial charge in [-0.25, -0.2) is 0 Å². The molecule has 0 bridgehead atoms. The van der Waals surface area contributed by atoms with Crippen LogP contribution in [0.2, 0.25) is 0 Å². The molecule has 2 amide bonds. The fourth-order valence-corrected chi connectivity index (χ4v) is 4.02. The number of hydrogen-bond donors (Lipinski definition) is 1. The van der Waals surface area contributed by atoms with Gasteiger partial charge in [-0.05, 0) is 38.3 Å². The Morgan fingerprint density at radius 1 is 1.44 bits per heavy atom. The number of ether oxygens (including phenoxy) is 1. The highest BCUT2D eigenvalue weighted by molar-refractivity contribution is 8.01. The molecule has 2 aliphatic rings. The fraction of sp³-hybridized carbons (Fsp3) is 0.611. The van der Waals surface area contributed by atoms with Crippen molar-refractivity contribution in [2.45, 2.75) is 50.2 Å². The Hall–Kier alpha value is -1.60. The molecule has 0 radical (unpaired) electrons. The van der Waals surface area contributed by atoms with Crippen LogP contribution in [0.3, 0.4) is 0 Å². The zero-order chi connectivity index (χ0) is 17.9. The first kappa shape index (κ1) is 18.2. The number of pyridine rings is 1. The maximum absolute atomic E-state index is 12.6. The molecule has 2 aliphatic heterocycles. The lowest BCUT2D eigenvalue weighted by molar-refractivity contribution is -0.138.